The Morgan fingerprint density at radius 1 is 1.04 bits per heavy atom. The lowest BCUT2D eigenvalue weighted by atomic mass is 10.2. The molecule has 1 N–H and O–H groups in total. The van der Waals surface area contributed by atoms with E-state index in [4.69, 9.17) is 4.74 Å². The number of rotatable bonds is 3. The van der Waals surface area contributed by atoms with Gasteiger partial charge in [0, 0.05) is 32.8 Å². The summed E-state index contributed by atoms with van der Waals surface area (Å²) in [4.78, 5) is 11.9. The number of halogens is 2. The Hall–Kier alpha value is -1.53. The van der Waals surface area contributed by atoms with Gasteiger partial charge in [-0.25, -0.2) is 4.79 Å². The van der Waals surface area contributed by atoms with Crippen LogP contribution in [-0.2, 0) is 11.3 Å². The fourth-order valence-electron chi connectivity index (χ4n) is 2.87. The van der Waals surface area contributed by atoms with Crippen LogP contribution < -0.4 is 5.32 Å². The Morgan fingerprint density at radius 3 is 2.04 bits per heavy atom. The lowest BCUT2D eigenvalue weighted by Crippen LogP contribution is -2.34. The first-order valence-electron chi connectivity index (χ1n) is 8.08. The van der Waals surface area contributed by atoms with Crippen LogP contribution in [0.5, 0.6) is 0 Å². The summed E-state index contributed by atoms with van der Waals surface area (Å²) in [5.41, 5.74) is 1.77. The van der Waals surface area contributed by atoms with Crippen molar-refractivity contribution in [2.45, 2.75) is 32.9 Å². The molecule has 25 heavy (non-hydrogen) atoms. The van der Waals surface area contributed by atoms with Gasteiger partial charge in [-0.1, -0.05) is 44.0 Å². The Kier molecular flexibility index (Phi) is 5.11. The normalized spacial score (nSPS) is 11.9. The average Bonchev–Trinajstić information content (AvgIpc) is 2.78. The molecular weight excluding hydrogens is 448 g/mol. The predicted octanol–water partition coefficient (Wildman–Crippen LogP) is 5.84. The van der Waals surface area contributed by atoms with Gasteiger partial charge in [-0.15, -0.1) is 0 Å². The highest BCUT2D eigenvalue weighted by Crippen LogP contribution is 2.32. The number of ether oxygens (including phenoxy) is 1. The largest absolute Gasteiger partial charge is 0.444 e. The summed E-state index contributed by atoms with van der Waals surface area (Å²) in [5.74, 6) is 0. The van der Waals surface area contributed by atoms with Crippen LogP contribution in [0.2, 0.25) is 0 Å². The first-order chi connectivity index (χ1) is 11.7. The number of hydrogen-bond acceptors (Lipinski definition) is 2. The molecule has 0 aliphatic rings. The molecule has 0 radical (unpaired) electrons. The van der Waals surface area contributed by atoms with Gasteiger partial charge in [-0.2, -0.15) is 0 Å². The standard InChI is InChI=1S/C19H20Br2N2O2/c1-19(2,3)25-18(24)22-8-9-23-16-10-12(20)4-6-14(16)15-7-5-13(21)11-17(15)23/h4-7,10-11H,8-9H2,1-3H3,(H,22,24). The van der Waals surface area contributed by atoms with E-state index in [-0.39, 0.29) is 0 Å². The molecule has 6 heteroatoms. The first-order valence-corrected chi connectivity index (χ1v) is 9.67. The van der Waals surface area contributed by atoms with Crippen molar-refractivity contribution >= 4 is 59.8 Å². The zero-order valence-corrected chi connectivity index (χ0v) is 17.6. The second kappa shape index (κ2) is 7.00. The SMILES string of the molecule is CC(C)(C)OC(=O)NCCn1c2cc(Br)ccc2c2ccc(Br)cc21. The van der Waals surface area contributed by atoms with E-state index in [0.717, 1.165) is 20.0 Å². The molecule has 0 atom stereocenters. The number of amides is 1. The van der Waals surface area contributed by atoms with Crippen molar-refractivity contribution in [2.24, 2.45) is 0 Å². The molecule has 0 spiro atoms. The number of nitrogens with one attached hydrogen (secondary N) is 1. The van der Waals surface area contributed by atoms with Crippen molar-refractivity contribution < 1.29 is 9.53 Å². The van der Waals surface area contributed by atoms with Gasteiger partial charge in [0.25, 0.3) is 0 Å². The molecule has 3 aromatic rings. The number of carbonyl (C=O) groups is 1. The molecule has 1 heterocycles. The smallest absolute Gasteiger partial charge is 0.407 e. The zero-order chi connectivity index (χ0) is 18.2. The molecule has 3 rings (SSSR count). The van der Waals surface area contributed by atoms with Gasteiger partial charge < -0.3 is 14.6 Å². The van der Waals surface area contributed by atoms with Gasteiger partial charge in [0.2, 0.25) is 0 Å². The molecule has 0 bridgehead atoms. The van der Waals surface area contributed by atoms with E-state index in [0.29, 0.717) is 13.1 Å². The summed E-state index contributed by atoms with van der Waals surface area (Å²) < 4.78 is 9.58. The number of fused-ring (bicyclic) bond motifs is 3. The minimum Gasteiger partial charge on any atom is -0.444 e. The predicted molar refractivity (Wildman–Crippen MR) is 109 cm³/mol. The van der Waals surface area contributed by atoms with E-state index in [2.05, 4.69) is 66.0 Å². The van der Waals surface area contributed by atoms with Crippen LogP contribution in [0.3, 0.4) is 0 Å². The number of alkyl carbamates (subject to hydrolysis) is 1. The minimum atomic E-state index is -0.493. The summed E-state index contributed by atoms with van der Waals surface area (Å²) in [6.07, 6.45) is -0.393. The molecule has 4 nitrogen and oxygen atoms in total. The molecule has 132 valence electrons. The highest BCUT2D eigenvalue weighted by Gasteiger charge is 2.16. The van der Waals surface area contributed by atoms with E-state index in [1.807, 2.05) is 32.9 Å². The molecule has 0 aliphatic carbocycles. The minimum absolute atomic E-state index is 0.393. The third-order valence-electron chi connectivity index (χ3n) is 3.79. The molecule has 0 fully saturated rings. The van der Waals surface area contributed by atoms with Crippen molar-refractivity contribution in [3.05, 3.63) is 45.3 Å². The summed E-state index contributed by atoms with van der Waals surface area (Å²) in [6.45, 7) is 6.72. The number of benzene rings is 2. The highest BCUT2D eigenvalue weighted by atomic mass is 79.9. The first kappa shape index (κ1) is 18.3. The van der Waals surface area contributed by atoms with Gasteiger partial charge in [-0.05, 0) is 45.0 Å². The van der Waals surface area contributed by atoms with Crippen molar-refractivity contribution in [1.29, 1.82) is 0 Å². The average molecular weight is 468 g/mol. The van der Waals surface area contributed by atoms with Crippen molar-refractivity contribution in [3.8, 4) is 0 Å². The number of nitrogens with zero attached hydrogens (tertiary/aromatic N) is 1. The maximum absolute atomic E-state index is 11.9. The van der Waals surface area contributed by atoms with E-state index < -0.39 is 11.7 Å². The second-order valence-electron chi connectivity index (χ2n) is 6.90. The van der Waals surface area contributed by atoms with Crippen LogP contribution in [0.25, 0.3) is 21.8 Å². The van der Waals surface area contributed by atoms with Crippen molar-refractivity contribution in [2.75, 3.05) is 6.54 Å². The maximum atomic E-state index is 11.9. The van der Waals surface area contributed by atoms with E-state index in [1.54, 1.807) is 0 Å². The molecule has 0 unspecified atom stereocenters. The van der Waals surface area contributed by atoms with Crippen molar-refractivity contribution in [3.63, 3.8) is 0 Å². The fourth-order valence-corrected chi connectivity index (χ4v) is 3.56. The molecule has 0 aliphatic heterocycles. The molecule has 1 amide bonds. The molecule has 0 saturated carbocycles. The lowest BCUT2D eigenvalue weighted by molar-refractivity contribution is 0.0526. The summed E-state index contributed by atoms with van der Waals surface area (Å²) >= 11 is 7.10. The van der Waals surface area contributed by atoms with Gasteiger partial charge in [0.15, 0.2) is 0 Å². The van der Waals surface area contributed by atoms with Crippen LogP contribution >= 0.6 is 31.9 Å². The van der Waals surface area contributed by atoms with Gasteiger partial charge in [0.1, 0.15) is 5.60 Å². The molecular formula is C19H20Br2N2O2. The summed E-state index contributed by atoms with van der Waals surface area (Å²) in [7, 11) is 0. The van der Waals surface area contributed by atoms with Crippen LogP contribution in [0.15, 0.2) is 45.3 Å². The van der Waals surface area contributed by atoms with Crippen LogP contribution in [0.4, 0.5) is 4.79 Å². The van der Waals surface area contributed by atoms with Crippen LogP contribution in [0, 0.1) is 0 Å². The fraction of sp³-hybridized carbons (Fsp3) is 0.316. The summed E-state index contributed by atoms with van der Waals surface area (Å²) in [5, 5.41) is 5.23. The van der Waals surface area contributed by atoms with E-state index >= 15 is 0 Å². The lowest BCUT2D eigenvalue weighted by Gasteiger charge is -2.19. The maximum Gasteiger partial charge on any atom is 0.407 e. The zero-order valence-electron chi connectivity index (χ0n) is 14.4. The topological polar surface area (TPSA) is 43.3 Å². The Bertz CT molecular complexity index is 883. The summed E-state index contributed by atoms with van der Waals surface area (Å²) in [6, 6.07) is 12.6. The van der Waals surface area contributed by atoms with Gasteiger partial charge >= 0.3 is 6.09 Å². The molecule has 0 saturated heterocycles. The highest BCUT2D eigenvalue weighted by molar-refractivity contribution is 9.10. The third kappa shape index (κ3) is 4.18. The Labute approximate surface area is 163 Å². The number of aromatic nitrogens is 1. The van der Waals surface area contributed by atoms with Crippen LogP contribution in [0.1, 0.15) is 20.8 Å². The number of carbonyl (C=O) groups excluding carboxylic acids is 1. The number of hydrogen-bond donors (Lipinski definition) is 1. The van der Waals surface area contributed by atoms with Gasteiger partial charge in [-0.3, -0.25) is 0 Å². The Morgan fingerprint density at radius 2 is 1.56 bits per heavy atom. The molecule has 2 aromatic carbocycles. The molecule has 1 aromatic heterocycles. The van der Waals surface area contributed by atoms with Gasteiger partial charge in [0.05, 0.1) is 11.0 Å². The third-order valence-corrected chi connectivity index (χ3v) is 4.78. The van der Waals surface area contributed by atoms with Crippen LogP contribution in [-0.4, -0.2) is 22.8 Å². The second-order valence-corrected chi connectivity index (χ2v) is 8.73. The Balaban J connectivity index is 1.90. The van der Waals surface area contributed by atoms with Crippen molar-refractivity contribution in [1.82, 2.24) is 9.88 Å². The van der Waals surface area contributed by atoms with E-state index in [9.17, 15) is 4.79 Å². The monoisotopic (exact) mass is 466 g/mol. The quantitative estimate of drug-likeness (QED) is 0.525. The van der Waals surface area contributed by atoms with E-state index in [1.165, 1.54) is 10.8 Å².